The molecule has 1 unspecified atom stereocenters. The van der Waals surface area contributed by atoms with E-state index in [1.807, 2.05) is 6.08 Å². The molecule has 2 aliphatic rings. The summed E-state index contributed by atoms with van der Waals surface area (Å²) in [6.45, 7) is 3.89. The molecule has 0 spiro atoms. The number of hydrogen-bond acceptors (Lipinski definition) is 3. The van der Waals surface area contributed by atoms with E-state index in [9.17, 15) is 0 Å². The summed E-state index contributed by atoms with van der Waals surface area (Å²) in [5, 5.41) is 3.44. The maximum absolute atomic E-state index is 5.83. The maximum atomic E-state index is 5.83. The van der Waals surface area contributed by atoms with Gasteiger partial charge in [-0.2, -0.15) is 0 Å². The molecule has 0 aromatic carbocycles. The Morgan fingerprint density at radius 1 is 1.53 bits per heavy atom. The number of morpholine rings is 1. The van der Waals surface area contributed by atoms with Crippen molar-refractivity contribution in [1.29, 1.82) is 0 Å². The van der Waals surface area contributed by atoms with Gasteiger partial charge in [0.15, 0.2) is 0 Å². The number of methoxy groups -OCH3 is 1. The highest BCUT2D eigenvalue weighted by atomic mass is 16.5. The fraction of sp³-hybridized carbons (Fsp3) is 0.667. The summed E-state index contributed by atoms with van der Waals surface area (Å²) in [5.74, 6) is 1.40. The van der Waals surface area contributed by atoms with Crippen LogP contribution in [0, 0.1) is 5.92 Å². The highest BCUT2D eigenvalue weighted by Gasteiger charge is 2.26. The molecule has 3 heteroatoms. The fourth-order valence-corrected chi connectivity index (χ4v) is 2.05. The van der Waals surface area contributed by atoms with E-state index >= 15 is 0 Å². The zero-order chi connectivity index (χ0) is 10.7. The van der Waals surface area contributed by atoms with Crippen LogP contribution in [0.25, 0.3) is 0 Å². The lowest BCUT2D eigenvalue weighted by Crippen LogP contribution is -2.47. The van der Waals surface area contributed by atoms with E-state index in [0.717, 1.165) is 25.3 Å². The van der Waals surface area contributed by atoms with Gasteiger partial charge in [0, 0.05) is 18.5 Å². The lowest BCUT2D eigenvalue weighted by atomic mass is 9.93. The van der Waals surface area contributed by atoms with E-state index in [1.54, 1.807) is 7.11 Å². The molecule has 1 N–H and O–H groups in total. The summed E-state index contributed by atoms with van der Waals surface area (Å²) in [6, 6.07) is 0.478. The summed E-state index contributed by atoms with van der Waals surface area (Å²) < 4.78 is 11.1. The Morgan fingerprint density at radius 2 is 2.40 bits per heavy atom. The topological polar surface area (TPSA) is 30.5 Å². The molecule has 0 aromatic heterocycles. The minimum atomic E-state index is 0.288. The van der Waals surface area contributed by atoms with Gasteiger partial charge >= 0.3 is 0 Å². The van der Waals surface area contributed by atoms with E-state index in [2.05, 4.69) is 24.4 Å². The third-order valence-electron chi connectivity index (χ3n) is 3.01. The molecule has 1 saturated heterocycles. The average Bonchev–Trinajstić information content (AvgIpc) is 2.30. The van der Waals surface area contributed by atoms with Gasteiger partial charge in [-0.05, 0) is 25.5 Å². The minimum absolute atomic E-state index is 0.288. The van der Waals surface area contributed by atoms with Gasteiger partial charge in [-0.15, -0.1) is 0 Å². The van der Waals surface area contributed by atoms with Gasteiger partial charge in [0.2, 0.25) is 0 Å². The molecule has 15 heavy (non-hydrogen) atoms. The molecule has 0 aromatic rings. The Balaban J connectivity index is 1.94. The Bertz CT molecular complexity index is 265. The first-order valence-electron chi connectivity index (χ1n) is 5.57. The van der Waals surface area contributed by atoms with Gasteiger partial charge < -0.3 is 14.8 Å². The number of nitrogens with one attached hydrogen (secondary N) is 1. The molecular formula is C12H19NO2. The van der Waals surface area contributed by atoms with Gasteiger partial charge in [-0.1, -0.05) is 6.08 Å². The molecule has 1 aliphatic carbocycles. The summed E-state index contributed by atoms with van der Waals surface area (Å²) in [4.78, 5) is 0. The first-order valence-corrected chi connectivity index (χ1v) is 5.57. The van der Waals surface area contributed by atoms with Gasteiger partial charge in [0.05, 0.1) is 19.8 Å². The normalized spacial score (nSPS) is 36.1. The van der Waals surface area contributed by atoms with Gasteiger partial charge in [-0.25, -0.2) is 0 Å². The molecular weight excluding hydrogens is 190 g/mol. The highest BCUT2D eigenvalue weighted by Crippen LogP contribution is 2.23. The van der Waals surface area contributed by atoms with Crippen LogP contribution in [0.15, 0.2) is 24.0 Å². The van der Waals surface area contributed by atoms with Crippen LogP contribution in [0.1, 0.15) is 13.3 Å². The highest BCUT2D eigenvalue weighted by molar-refractivity contribution is 5.19. The smallest absolute Gasteiger partial charge is 0.114 e. The van der Waals surface area contributed by atoms with E-state index in [0.29, 0.717) is 12.0 Å². The summed E-state index contributed by atoms with van der Waals surface area (Å²) in [7, 11) is 1.71. The van der Waals surface area contributed by atoms with E-state index in [-0.39, 0.29) is 6.10 Å². The zero-order valence-electron chi connectivity index (χ0n) is 9.40. The van der Waals surface area contributed by atoms with Crippen LogP contribution in [0.2, 0.25) is 0 Å². The molecule has 1 aliphatic heterocycles. The summed E-state index contributed by atoms with van der Waals surface area (Å²) in [6.07, 6.45) is 7.69. The van der Waals surface area contributed by atoms with E-state index in [4.69, 9.17) is 9.47 Å². The Hall–Kier alpha value is -0.800. The van der Waals surface area contributed by atoms with Crippen LogP contribution < -0.4 is 5.32 Å². The van der Waals surface area contributed by atoms with Crippen molar-refractivity contribution in [2.24, 2.45) is 5.92 Å². The minimum Gasteiger partial charge on any atom is -0.497 e. The van der Waals surface area contributed by atoms with Crippen LogP contribution >= 0.6 is 0 Å². The van der Waals surface area contributed by atoms with Crippen LogP contribution in [0.5, 0.6) is 0 Å². The molecule has 2 rings (SSSR count). The molecule has 1 fully saturated rings. The van der Waals surface area contributed by atoms with Gasteiger partial charge in [-0.3, -0.25) is 0 Å². The SMILES string of the molecule is COC1=CC([C@H]2CN[C@H](C)CO2)CC=C1. The van der Waals surface area contributed by atoms with E-state index in [1.165, 1.54) is 0 Å². The van der Waals surface area contributed by atoms with Crippen molar-refractivity contribution >= 4 is 0 Å². The summed E-state index contributed by atoms with van der Waals surface area (Å²) in [5.41, 5.74) is 0. The Kier molecular flexibility index (Phi) is 3.44. The molecule has 0 bridgehead atoms. The predicted molar refractivity (Wildman–Crippen MR) is 59.5 cm³/mol. The molecule has 0 radical (unpaired) electrons. The lowest BCUT2D eigenvalue weighted by molar-refractivity contribution is -0.0153. The van der Waals surface area contributed by atoms with Crippen LogP contribution in [0.3, 0.4) is 0 Å². The van der Waals surface area contributed by atoms with Crippen molar-refractivity contribution in [3.05, 3.63) is 24.0 Å². The average molecular weight is 209 g/mol. The molecule has 84 valence electrons. The van der Waals surface area contributed by atoms with Crippen molar-refractivity contribution in [2.75, 3.05) is 20.3 Å². The zero-order valence-corrected chi connectivity index (χ0v) is 9.40. The maximum Gasteiger partial charge on any atom is 0.114 e. The first kappa shape index (κ1) is 10.7. The van der Waals surface area contributed by atoms with Crippen molar-refractivity contribution in [3.8, 4) is 0 Å². The van der Waals surface area contributed by atoms with Crippen LogP contribution in [-0.2, 0) is 9.47 Å². The van der Waals surface area contributed by atoms with Crippen LogP contribution in [0.4, 0.5) is 0 Å². The number of allylic oxidation sites excluding steroid dienone is 2. The summed E-state index contributed by atoms with van der Waals surface area (Å²) >= 11 is 0. The Morgan fingerprint density at radius 3 is 3.07 bits per heavy atom. The van der Waals surface area contributed by atoms with Gasteiger partial charge in [0.25, 0.3) is 0 Å². The second-order valence-electron chi connectivity index (χ2n) is 4.26. The number of hydrogen-bond donors (Lipinski definition) is 1. The third kappa shape index (κ3) is 2.61. The van der Waals surface area contributed by atoms with Crippen molar-refractivity contribution < 1.29 is 9.47 Å². The van der Waals surface area contributed by atoms with Crippen molar-refractivity contribution in [3.63, 3.8) is 0 Å². The monoisotopic (exact) mass is 209 g/mol. The lowest BCUT2D eigenvalue weighted by Gasteiger charge is -2.33. The fourth-order valence-electron chi connectivity index (χ4n) is 2.05. The molecule has 3 atom stereocenters. The van der Waals surface area contributed by atoms with Crippen molar-refractivity contribution in [1.82, 2.24) is 5.32 Å². The van der Waals surface area contributed by atoms with Crippen LogP contribution in [-0.4, -0.2) is 32.4 Å². The second kappa shape index (κ2) is 4.81. The first-order chi connectivity index (χ1) is 7.29. The predicted octanol–water partition coefficient (Wildman–Crippen LogP) is 1.47. The largest absolute Gasteiger partial charge is 0.497 e. The van der Waals surface area contributed by atoms with Gasteiger partial charge in [0.1, 0.15) is 5.76 Å². The molecule has 0 saturated carbocycles. The second-order valence-corrected chi connectivity index (χ2v) is 4.26. The number of ether oxygens (including phenoxy) is 2. The molecule has 1 heterocycles. The molecule has 3 nitrogen and oxygen atoms in total. The van der Waals surface area contributed by atoms with Crippen molar-refractivity contribution in [2.45, 2.75) is 25.5 Å². The van der Waals surface area contributed by atoms with E-state index < -0.39 is 0 Å². The molecule has 0 amide bonds. The standard InChI is InChI=1S/C12H19NO2/c1-9-8-15-12(7-13-9)10-4-3-5-11(6-10)14-2/h3,5-6,9-10,12-13H,4,7-8H2,1-2H3/t9-,10?,12-/m1/s1. The number of rotatable bonds is 2. The third-order valence-corrected chi connectivity index (χ3v) is 3.01. The Labute approximate surface area is 91.1 Å². The quantitative estimate of drug-likeness (QED) is 0.747.